The first-order valence-electron chi connectivity index (χ1n) is 5.91. The molecule has 2 aromatic rings. The second-order valence-corrected chi connectivity index (χ2v) is 5.35. The summed E-state index contributed by atoms with van der Waals surface area (Å²) in [6.45, 7) is 3.86. The fourth-order valence-electron chi connectivity index (χ4n) is 1.88. The molecule has 19 heavy (non-hydrogen) atoms. The fraction of sp³-hybridized carbons (Fsp3) is 0.133. The Bertz CT molecular complexity index is 618. The Morgan fingerprint density at radius 1 is 1.21 bits per heavy atom. The SMILES string of the molecule is Cc1cc(N)cc(C(=O)Nc2cccc(Br)c2C)c1. The number of halogens is 1. The maximum atomic E-state index is 12.2. The summed E-state index contributed by atoms with van der Waals surface area (Å²) in [7, 11) is 0. The Morgan fingerprint density at radius 3 is 2.63 bits per heavy atom. The van der Waals surface area contributed by atoms with E-state index in [1.54, 1.807) is 6.07 Å². The highest BCUT2D eigenvalue weighted by Gasteiger charge is 2.09. The van der Waals surface area contributed by atoms with Crippen molar-refractivity contribution in [3.63, 3.8) is 0 Å². The number of amides is 1. The van der Waals surface area contributed by atoms with Gasteiger partial charge in [-0.2, -0.15) is 0 Å². The van der Waals surface area contributed by atoms with Crippen molar-refractivity contribution < 1.29 is 4.79 Å². The summed E-state index contributed by atoms with van der Waals surface area (Å²) >= 11 is 3.44. The van der Waals surface area contributed by atoms with Gasteiger partial charge in [0, 0.05) is 21.4 Å². The molecular weight excluding hydrogens is 304 g/mol. The van der Waals surface area contributed by atoms with E-state index in [2.05, 4.69) is 21.2 Å². The Hall–Kier alpha value is -1.81. The lowest BCUT2D eigenvalue weighted by Gasteiger charge is -2.10. The predicted octanol–water partition coefficient (Wildman–Crippen LogP) is 3.90. The maximum Gasteiger partial charge on any atom is 0.255 e. The molecule has 2 aromatic carbocycles. The Kier molecular flexibility index (Phi) is 3.90. The molecule has 0 bridgehead atoms. The highest BCUT2D eigenvalue weighted by Crippen LogP contribution is 2.24. The highest BCUT2D eigenvalue weighted by atomic mass is 79.9. The average Bonchev–Trinajstić information content (AvgIpc) is 2.33. The van der Waals surface area contributed by atoms with Gasteiger partial charge in [-0.1, -0.05) is 22.0 Å². The Balaban J connectivity index is 2.28. The van der Waals surface area contributed by atoms with E-state index in [4.69, 9.17) is 5.73 Å². The predicted molar refractivity (Wildman–Crippen MR) is 82.4 cm³/mol. The number of hydrogen-bond donors (Lipinski definition) is 2. The van der Waals surface area contributed by atoms with E-state index < -0.39 is 0 Å². The maximum absolute atomic E-state index is 12.2. The molecule has 0 atom stereocenters. The molecule has 0 radical (unpaired) electrons. The van der Waals surface area contributed by atoms with Crippen LogP contribution in [0, 0.1) is 13.8 Å². The van der Waals surface area contributed by atoms with Gasteiger partial charge in [-0.25, -0.2) is 0 Å². The molecule has 2 rings (SSSR count). The van der Waals surface area contributed by atoms with Crippen molar-refractivity contribution >= 4 is 33.2 Å². The molecule has 0 aromatic heterocycles. The zero-order chi connectivity index (χ0) is 14.0. The third-order valence-electron chi connectivity index (χ3n) is 2.88. The fourth-order valence-corrected chi connectivity index (χ4v) is 2.25. The van der Waals surface area contributed by atoms with E-state index in [1.807, 2.05) is 44.2 Å². The topological polar surface area (TPSA) is 55.1 Å². The molecule has 0 fully saturated rings. The van der Waals surface area contributed by atoms with Gasteiger partial charge in [-0.05, 0) is 55.3 Å². The number of hydrogen-bond acceptors (Lipinski definition) is 2. The van der Waals surface area contributed by atoms with Crippen LogP contribution < -0.4 is 11.1 Å². The van der Waals surface area contributed by atoms with E-state index in [0.29, 0.717) is 11.3 Å². The van der Waals surface area contributed by atoms with Crippen LogP contribution in [0.2, 0.25) is 0 Å². The second-order valence-electron chi connectivity index (χ2n) is 4.50. The third kappa shape index (κ3) is 3.15. The number of carbonyl (C=O) groups is 1. The largest absolute Gasteiger partial charge is 0.399 e. The van der Waals surface area contributed by atoms with Gasteiger partial charge < -0.3 is 11.1 Å². The van der Waals surface area contributed by atoms with Crippen molar-refractivity contribution in [1.82, 2.24) is 0 Å². The Labute approximate surface area is 121 Å². The lowest BCUT2D eigenvalue weighted by Crippen LogP contribution is -2.13. The van der Waals surface area contributed by atoms with Crippen LogP contribution >= 0.6 is 15.9 Å². The molecule has 0 saturated carbocycles. The summed E-state index contributed by atoms with van der Waals surface area (Å²) < 4.78 is 0.967. The van der Waals surface area contributed by atoms with Gasteiger partial charge in [-0.15, -0.1) is 0 Å². The number of benzene rings is 2. The van der Waals surface area contributed by atoms with E-state index >= 15 is 0 Å². The monoisotopic (exact) mass is 318 g/mol. The first kappa shape index (κ1) is 13.6. The normalized spacial score (nSPS) is 10.3. The second kappa shape index (κ2) is 5.45. The molecule has 0 unspecified atom stereocenters. The van der Waals surface area contributed by atoms with Crippen LogP contribution in [0.15, 0.2) is 40.9 Å². The molecule has 0 aliphatic rings. The van der Waals surface area contributed by atoms with Crippen LogP contribution in [0.5, 0.6) is 0 Å². The minimum atomic E-state index is -0.156. The summed E-state index contributed by atoms with van der Waals surface area (Å²) in [6.07, 6.45) is 0. The van der Waals surface area contributed by atoms with Crippen molar-refractivity contribution in [3.8, 4) is 0 Å². The van der Waals surface area contributed by atoms with Crippen LogP contribution in [-0.4, -0.2) is 5.91 Å². The summed E-state index contributed by atoms with van der Waals surface area (Å²) in [6, 6.07) is 11.0. The zero-order valence-electron chi connectivity index (χ0n) is 10.8. The van der Waals surface area contributed by atoms with Crippen LogP contribution in [0.3, 0.4) is 0 Å². The molecule has 4 heteroatoms. The lowest BCUT2D eigenvalue weighted by molar-refractivity contribution is 0.102. The van der Waals surface area contributed by atoms with Crippen molar-refractivity contribution in [2.75, 3.05) is 11.1 Å². The van der Waals surface area contributed by atoms with Gasteiger partial charge in [0.1, 0.15) is 0 Å². The van der Waals surface area contributed by atoms with Crippen LogP contribution in [0.4, 0.5) is 11.4 Å². The number of aryl methyl sites for hydroxylation is 1. The molecule has 98 valence electrons. The first-order chi connectivity index (χ1) is 8.97. The number of carbonyl (C=O) groups excluding carboxylic acids is 1. The van der Waals surface area contributed by atoms with Gasteiger partial charge in [-0.3, -0.25) is 4.79 Å². The van der Waals surface area contributed by atoms with Gasteiger partial charge in [0.2, 0.25) is 0 Å². The number of nitrogens with one attached hydrogen (secondary N) is 1. The van der Waals surface area contributed by atoms with Crippen LogP contribution in [0.25, 0.3) is 0 Å². The summed E-state index contributed by atoms with van der Waals surface area (Å²) in [5.74, 6) is -0.156. The van der Waals surface area contributed by atoms with Crippen LogP contribution in [0.1, 0.15) is 21.5 Å². The molecule has 1 amide bonds. The average molecular weight is 319 g/mol. The van der Waals surface area contributed by atoms with Gasteiger partial charge in [0.25, 0.3) is 5.91 Å². The number of anilines is 2. The zero-order valence-corrected chi connectivity index (χ0v) is 12.4. The van der Waals surface area contributed by atoms with E-state index in [9.17, 15) is 4.79 Å². The van der Waals surface area contributed by atoms with Gasteiger partial charge in [0.15, 0.2) is 0 Å². The van der Waals surface area contributed by atoms with Gasteiger partial charge >= 0.3 is 0 Å². The minimum Gasteiger partial charge on any atom is -0.399 e. The lowest BCUT2D eigenvalue weighted by atomic mass is 10.1. The van der Waals surface area contributed by atoms with Crippen molar-refractivity contribution in [2.24, 2.45) is 0 Å². The molecule has 0 aliphatic heterocycles. The standard InChI is InChI=1S/C15H15BrN2O/c1-9-6-11(8-12(17)7-9)15(19)18-14-5-3-4-13(16)10(14)2/h3-8H,17H2,1-2H3,(H,18,19). The molecule has 0 saturated heterocycles. The Morgan fingerprint density at radius 2 is 1.95 bits per heavy atom. The minimum absolute atomic E-state index is 0.156. The highest BCUT2D eigenvalue weighted by molar-refractivity contribution is 9.10. The van der Waals surface area contributed by atoms with E-state index in [-0.39, 0.29) is 5.91 Å². The molecular formula is C15H15BrN2O. The number of nitrogen functional groups attached to an aromatic ring is 1. The summed E-state index contributed by atoms with van der Waals surface area (Å²) in [5.41, 5.74) is 9.67. The number of nitrogens with two attached hydrogens (primary N) is 1. The molecule has 3 nitrogen and oxygen atoms in total. The summed E-state index contributed by atoms with van der Waals surface area (Å²) in [4.78, 5) is 12.2. The molecule has 0 aliphatic carbocycles. The number of rotatable bonds is 2. The smallest absolute Gasteiger partial charge is 0.255 e. The van der Waals surface area contributed by atoms with Crippen molar-refractivity contribution in [1.29, 1.82) is 0 Å². The van der Waals surface area contributed by atoms with Gasteiger partial charge in [0.05, 0.1) is 0 Å². The van der Waals surface area contributed by atoms with E-state index in [0.717, 1.165) is 21.3 Å². The quantitative estimate of drug-likeness (QED) is 0.825. The van der Waals surface area contributed by atoms with E-state index in [1.165, 1.54) is 0 Å². The van der Waals surface area contributed by atoms with Crippen LogP contribution in [-0.2, 0) is 0 Å². The molecule has 0 spiro atoms. The molecule has 3 N–H and O–H groups in total. The summed E-state index contributed by atoms with van der Waals surface area (Å²) in [5, 5.41) is 2.90. The van der Waals surface area contributed by atoms with Crippen molar-refractivity contribution in [3.05, 3.63) is 57.6 Å². The molecule has 0 heterocycles. The van der Waals surface area contributed by atoms with Crippen molar-refractivity contribution in [2.45, 2.75) is 13.8 Å². The third-order valence-corrected chi connectivity index (χ3v) is 3.74. The first-order valence-corrected chi connectivity index (χ1v) is 6.70.